The van der Waals surface area contributed by atoms with E-state index in [1.54, 1.807) is 7.11 Å². The van der Waals surface area contributed by atoms with Gasteiger partial charge in [-0.3, -0.25) is 4.79 Å². The van der Waals surface area contributed by atoms with E-state index in [0.717, 1.165) is 35.4 Å². The highest BCUT2D eigenvalue weighted by Gasteiger charge is 2.68. The summed E-state index contributed by atoms with van der Waals surface area (Å²) in [7, 11) is 0.550. The fourth-order valence-corrected chi connectivity index (χ4v) is 8.90. The Labute approximate surface area is 140 Å². The molecule has 1 heterocycles. The van der Waals surface area contributed by atoms with Crippen LogP contribution in [0.3, 0.4) is 0 Å². The largest absolute Gasteiger partial charge is 0.497 e. The predicted octanol–water partition coefficient (Wildman–Crippen LogP) is 4.61. The molecule has 1 aromatic rings. The molecule has 0 bridgehead atoms. The zero-order chi connectivity index (χ0) is 16.7. The van der Waals surface area contributed by atoms with Crippen LogP contribution in [0.15, 0.2) is 12.1 Å². The van der Waals surface area contributed by atoms with Gasteiger partial charge in [-0.1, -0.05) is 0 Å². The Morgan fingerprint density at radius 3 is 2.17 bits per heavy atom. The predicted molar refractivity (Wildman–Crippen MR) is 99.5 cm³/mol. The summed E-state index contributed by atoms with van der Waals surface area (Å²) < 4.78 is 5.32. The third-order valence-corrected chi connectivity index (χ3v) is 11.3. The van der Waals surface area contributed by atoms with Crippen LogP contribution in [0.1, 0.15) is 43.2 Å². The Bertz CT molecular complexity index is 593. The van der Waals surface area contributed by atoms with Crippen molar-refractivity contribution in [2.75, 3.05) is 31.4 Å². The quantitative estimate of drug-likeness (QED) is 0.816. The Morgan fingerprint density at radius 2 is 1.70 bits per heavy atom. The van der Waals surface area contributed by atoms with E-state index in [4.69, 9.17) is 4.74 Å². The molecule has 4 heteroatoms. The summed E-state index contributed by atoms with van der Waals surface area (Å²) >= 11 is 0. The number of amides is 1. The van der Waals surface area contributed by atoms with Gasteiger partial charge in [-0.05, 0) is 56.4 Å². The van der Waals surface area contributed by atoms with Gasteiger partial charge < -0.3 is 10.1 Å². The van der Waals surface area contributed by atoms with E-state index in [0.29, 0.717) is 0 Å². The highest BCUT2D eigenvalue weighted by molar-refractivity contribution is 7.78. The molecule has 0 atom stereocenters. The molecule has 1 N–H and O–H groups in total. The van der Waals surface area contributed by atoms with E-state index in [-0.39, 0.29) is 11.1 Å². The molecule has 23 heavy (non-hydrogen) atoms. The minimum Gasteiger partial charge on any atom is -0.497 e. The van der Waals surface area contributed by atoms with E-state index in [9.17, 15) is 4.79 Å². The number of ether oxygens (including phenoxy) is 1. The number of hydrogen-bond acceptors (Lipinski definition) is 2. The van der Waals surface area contributed by atoms with Crippen LogP contribution in [0.2, 0.25) is 0 Å². The highest BCUT2D eigenvalue weighted by Crippen LogP contribution is 2.77. The topological polar surface area (TPSA) is 38.3 Å². The molecule has 1 saturated heterocycles. The molecule has 0 radical (unpaired) electrons. The van der Waals surface area contributed by atoms with Gasteiger partial charge in [-0.25, -0.2) is 0 Å². The molecule has 126 valence electrons. The van der Waals surface area contributed by atoms with Gasteiger partial charge in [-0.15, -0.1) is 0 Å². The minimum absolute atomic E-state index is 0.0216. The lowest BCUT2D eigenvalue weighted by molar-refractivity contribution is -0.116. The smallest absolute Gasteiger partial charge is 0.268 e. The Hall–Kier alpha value is -1.08. The summed E-state index contributed by atoms with van der Waals surface area (Å²) in [6.07, 6.45) is 8.79. The molecule has 1 aromatic carbocycles. The standard InChI is InChI=1S/C19H28NO2P/c1-14-12-16(22-3)13-15(2)17(14)20-18(21)19(8-9-19)23(4)10-6-5-7-11-23/h12-13H,5-11H2,1-4H3/p+1. The first-order chi connectivity index (χ1) is 10.9. The molecule has 2 aliphatic rings. The summed E-state index contributed by atoms with van der Waals surface area (Å²) in [4.78, 5) is 13.1. The number of nitrogens with one attached hydrogen (secondary N) is 1. The molecule has 1 amide bonds. The maximum Gasteiger partial charge on any atom is 0.268 e. The molecule has 2 fully saturated rings. The number of carbonyl (C=O) groups excluding carboxylic acids is 1. The van der Waals surface area contributed by atoms with E-state index in [1.807, 2.05) is 26.0 Å². The summed E-state index contributed by atoms with van der Waals surface area (Å²) in [5, 5.41) is 3.27. The number of aryl methyl sites for hydroxylation is 2. The molecule has 3 nitrogen and oxygen atoms in total. The number of carbonyl (C=O) groups is 1. The van der Waals surface area contributed by atoms with Crippen LogP contribution < -0.4 is 10.1 Å². The number of hydrogen-bond donors (Lipinski definition) is 1. The number of benzene rings is 1. The van der Waals surface area contributed by atoms with Crippen molar-refractivity contribution in [3.8, 4) is 5.75 Å². The molecule has 0 aromatic heterocycles. The van der Waals surface area contributed by atoms with Crippen molar-refractivity contribution in [1.29, 1.82) is 0 Å². The van der Waals surface area contributed by atoms with Gasteiger partial charge >= 0.3 is 0 Å². The second-order valence-corrected chi connectivity index (χ2v) is 12.1. The molecular formula is C19H29NO2P+. The molecule has 1 saturated carbocycles. The second kappa shape index (κ2) is 6.09. The zero-order valence-electron chi connectivity index (χ0n) is 14.9. The summed E-state index contributed by atoms with van der Waals surface area (Å²) in [5.74, 6) is 1.14. The lowest BCUT2D eigenvalue weighted by atomic mass is 10.1. The normalized spacial score (nSPS) is 21.6. The minimum atomic E-state index is -1.13. The molecular weight excluding hydrogens is 305 g/mol. The first-order valence-corrected chi connectivity index (χ1v) is 11.3. The molecule has 0 unspecified atom stereocenters. The van der Waals surface area contributed by atoms with Crippen molar-refractivity contribution in [3.63, 3.8) is 0 Å². The molecule has 1 aliphatic carbocycles. The van der Waals surface area contributed by atoms with E-state index >= 15 is 0 Å². The third-order valence-electron chi connectivity index (χ3n) is 5.96. The maximum absolute atomic E-state index is 13.1. The highest BCUT2D eigenvalue weighted by atomic mass is 31.2. The molecule has 1 aliphatic heterocycles. The lowest BCUT2D eigenvalue weighted by Crippen LogP contribution is -2.35. The Balaban J connectivity index is 1.82. The van der Waals surface area contributed by atoms with Gasteiger partial charge in [0.1, 0.15) is 5.75 Å². The van der Waals surface area contributed by atoms with Crippen LogP contribution in [0.4, 0.5) is 5.69 Å². The van der Waals surface area contributed by atoms with Crippen molar-refractivity contribution >= 4 is 18.9 Å². The van der Waals surface area contributed by atoms with Gasteiger partial charge in [0.15, 0.2) is 5.16 Å². The third kappa shape index (κ3) is 2.89. The van der Waals surface area contributed by atoms with Crippen molar-refractivity contribution < 1.29 is 9.53 Å². The lowest BCUT2D eigenvalue weighted by Gasteiger charge is -2.34. The monoisotopic (exact) mass is 334 g/mol. The van der Waals surface area contributed by atoms with Crippen LogP contribution in [0, 0.1) is 13.8 Å². The van der Waals surface area contributed by atoms with E-state index in [1.165, 1.54) is 31.6 Å². The van der Waals surface area contributed by atoms with Crippen molar-refractivity contribution in [3.05, 3.63) is 23.3 Å². The first-order valence-electron chi connectivity index (χ1n) is 8.73. The Kier molecular flexibility index (Phi) is 4.44. The van der Waals surface area contributed by atoms with E-state index in [2.05, 4.69) is 12.0 Å². The summed E-state index contributed by atoms with van der Waals surface area (Å²) in [6.45, 7) is 6.54. The van der Waals surface area contributed by atoms with Gasteiger partial charge in [-0.2, -0.15) is 0 Å². The van der Waals surface area contributed by atoms with Crippen LogP contribution >= 0.6 is 7.26 Å². The zero-order valence-corrected chi connectivity index (χ0v) is 15.8. The van der Waals surface area contributed by atoms with Crippen LogP contribution in [-0.4, -0.2) is 37.2 Å². The summed E-state index contributed by atoms with van der Waals surface area (Å²) in [5.41, 5.74) is 3.14. The second-order valence-electron chi connectivity index (χ2n) is 7.53. The number of rotatable bonds is 4. The Morgan fingerprint density at radius 1 is 1.13 bits per heavy atom. The van der Waals surface area contributed by atoms with Crippen molar-refractivity contribution in [2.24, 2.45) is 0 Å². The summed E-state index contributed by atoms with van der Waals surface area (Å²) in [6, 6.07) is 4.00. The van der Waals surface area contributed by atoms with Gasteiger partial charge in [0.2, 0.25) is 0 Å². The van der Waals surface area contributed by atoms with Gasteiger partial charge in [0, 0.05) is 32.5 Å². The SMILES string of the molecule is COc1cc(C)c(NC(=O)C2([P+]3(C)CCCCC3)CC2)c(C)c1. The maximum atomic E-state index is 13.1. The fourth-order valence-electron chi connectivity index (χ4n) is 4.24. The van der Waals surface area contributed by atoms with Crippen LogP contribution in [0.25, 0.3) is 0 Å². The van der Waals surface area contributed by atoms with Crippen molar-refractivity contribution in [2.45, 2.75) is 51.1 Å². The molecule has 0 spiro atoms. The first kappa shape index (κ1) is 16.8. The van der Waals surface area contributed by atoms with Crippen LogP contribution in [-0.2, 0) is 4.79 Å². The molecule has 3 rings (SSSR count). The number of anilines is 1. The van der Waals surface area contributed by atoms with Gasteiger partial charge in [0.25, 0.3) is 5.91 Å². The van der Waals surface area contributed by atoms with Crippen molar-refractivity contribution in [1.82, 2.24) is 0 Å². The fraction of sp³-hybridized carbons (Fsp3) is 0.632. The number of methoxy groups -OCH3 is 1. The van der Waals surface area contributed by atoms with E-state index < -0.39 is 7.26 Å². The average Bonchev–Trinajstić information content (AvgIpc) is 3.33. The average molecular weight is 334 g/mol. The van der Waals surface area contributed by atoms with Gasteiger partial charge in [0.05, 0.1) is 19.4 Å². The van der Waals surface area contributed by atoms with Crippen LogP contribution in [0.5, 0.6) is 5.75 Å².